The summed E-state index contributed by atoms with van der Waals surface area (Å²) >= 11 is 3.24. The fourth-order valence-corrected chi connectivity index (χ4v) is 1.79. The molecular formula is C12H15BrN2O3. The molecule has 5 nitrogen and oxygen atoms in total. The van der Waals surface area contributed by atoms with E-state index in [1.54, 1.807) is 12.1 Å². The van der Waals surface area contributed by atoms with Gasteiger partial charge in [-0.25, -0.2) is 0 Å². The Kier molecular flexibility index (Phi) is 5.15. The fraction of sp³-hybridized carbons (Fsp3) is 0.333. The first-order valence-electron chi connectivity index (χ1n) is 5.51. The quantitative estimate of drug-likeness (QED) is 0.814. The van der Waals surface area contributed by atoms with E-state index >= 15 is 0 Å². The van der Waals surface area contributed by atoms with Crippen LogP contribution in [0.2, 0.25) is 0 Å². The number of carboxylic acids is 1. The van der Waals surface area contributed by atoms with Crippen LogP contribution >= 0.6 is 15.9 Å². The predicted molar refractivity (Wildman–Crippen MR) is 72.4 cm³/mol. The number of nitrogens with zero attached hydrogens (tertiary/aromatic N) is 1. The Morgan fingerprint density at radius 2 is 2.11 bits per heavy atom. The van der Waals surface area contributed by atoms with Gasteiger partial charge in [-0.15, -0.1) is 0 Å². The third kappa shape index (κ3) is 3.73. The first-order chi connectivity index (χ1) is 8.45. The Bertz CT molecular complexity index is 463. The predicted octanol–water partition coefficient (Wildman–Crippen LogP) is 1.97. The van der Waals surface area contributed by atoms with Gasteiger partial charge in [-0.1, -0.05) is 6.92 Å². The number of carbonyl (C=O) groups excluding carboxylic acids is 1. The van der Waals surface area contributed by atoms with Crippen LogP contribution in [0.4, 0.5) is 5.69 Å². The molecule has 1 amide bonds. The topological polar surface area (TPSA) is 83.6 Å². The number of anilines is 1. The molecule has 0 atom stereocenters. The average molecular weight is 315 g/mol. The lowest BCUT2D eigenvalue weighted by molar-refractivity contribution is -0.137. The third-order valence-corrected chi connectivity index (χ3v) is 3.07. The van der Waals surface area contributed by atoms with Crippen LogP contribution in [0.25, 0.3) is 0 Å². The van der Waals surface area contributed by atoms with Gasteiger partial charge in [-0.2, -0.15) is 0 Å². The zero-order valence-corrected chi connectivity index (χ0v) is 11.6. The summed E-state index contributed by atoms with van der Waals surface area (Å²) in [5, 5.41) is 8.78. The summed E-state index contributed by atoms with van der Waals surface area (Å²) in [5.41, 5.74) is 6.55. The van der Waals surface area contributed by atoms with Crippen molar-refractivity contribution >= 4 is 33.5 Å². The van der Waals surface area contributed by atoms with Gasteiger partial charge in [0.25, 0.3) is 5.91 Å². The summed E-state index contributed by atoms with van der Waals surface area (Å²) in [7, 11) is 0. The lowest BCUT2D eigenvalue weighted by Crippen LogP contribution is -2.36. The van der Waals surface area contributed by atoms with Crippen molar-refractivity contribution in [3.05, 3.63) is 28.2 Å². The van der Waals surface area contributed by atoms with Gasteiger partial charge in [0.2, 0.25) is 0 Å². The van der Waals surface area contributed by atoms with Crippen LogP contribution in [0, 0.1) is 0 Å². The van der Waals surface area contributed by atoms with Crippen LogP contribution in [-0.2, 0) is 4.79 Å². The maximum Gasteiger partial charge on any atom is 0.323 e. The summed E-state index contributed by atoms with van der Waals surface area (Å²) in [6.07, 6.45) is 0.699. The number of amides is 1. The highest BCUT2D eigenvalue weighted by Gasteiger charge is 2.18. The van der Waals surface area contributed by atoms with Crippen molar-refractivity contribution in [3.63, 3.8) is 0 Å². The number of benzene rings is 1. The van der Waals surface area contributed by atoms with E-state index in [1.807, 2.05) is 6.92 Å². The highest BCUT2D eigenvalue weighted by atomic mass is 79.9. The minimum absolute atomic E-state index is 0.303. The van der Waals surface area contributed by atoms with Gasteiger partial charge in [-0.05, 0) is 40.5 Å². The number of carbonyl (C=O) groups is 2. The number of halogens is 1. The summed E-state index contributed by atoms with van der Waals surface area (Å²) in [4.78, 5) is 24.1. The molecular weight excluding hydrogens is 300 g/mol. The molecule has 0 fully saturated rings. The summed E-state index contributed by atoms with van der Waals surface area (Å²) in [5.74, 6) is -1.35. The van der Waals surface area contributed by atoms with Crippen molar-refractivity contribution < 1.29 is 14.7 Å². The number of aliphatic carboxylic acids is 1. The molecule has 0 radical (unpaired) electrons. The molecule has 98 valence electrons. The Morgan fingerprint density at radius 1 is 1.44 bits per heavy atom. The summed E-state index contributed by atoms with van der Waals surface area (Å²) < 4.78 is 0.708. The largest absolute Gasteiger partial charge is 0.480 e. The molecule has 0 aliphatic rings. The summed E-state index contributed by atoms with van der Waals surface area (Å²) in [6.45, 7) is 1.99. The van der Waals surface area contributed by atoms with Crippen LogP contribution < -0.4 is 5.73 Å². The fourth-order valence-electron chi connectivity index (χ4n) is 1.54. The van der Waals surface area contributed by atoms with Crippen LogP contribution in [-0.4, -0.2) is 35.0 Å². The maximum atomic E-state index is 12.1. The molecule has 0 saturated heterocycles. The third-order valence-electron chi connectivity index (χ3n) is 2.35. The standard InChI is InChI=1S/C12H15BrN2O3/c1-2-5-15(7-11(16)17)12(18)8-3-4-9(13)10(14)6-8/h3-4,6H,2,5,7,14H2,1H3,(H,16,17). The van der Waals surface area contributed by atoms with Gasteiger partial charge in [0, 0.05) is 22.3 Å². The van der Waals surface area contributed by atoms with E-state index in [-0.39, 0.29) is 12.5 Å². The molecule has 0 saturated carbocycles. The normalized spacial score (nSPS) is 10.1. The molecule has 0 spiro atoms. The molecule has 0 aliphatic heterocycles. The molecule has 0 bridgehead atoms. The highest BCUT2D eigenvalue weighted by molar-refractivity contribution is 9.10. The molecule has 0 unspecified atom stereocenters. The molecule has 0 heterocycles. The zero-order valence-electron chi connectivity index (χ0n) is 10.0. The SMILES string of the molecule is CCCN(CC(=O)O)C(=O)c1ccc(Br)c(N)c1. The monoisotopic (exact) mass is 314 g/mol. The van der Waals surface area contributed by atoms with Crippen LogP contribution in [0.3, 0.4) is 0 Å². The van der Waals surface area contributed by atoms with E-state index < -0.39 is 5.97 Å². The van der Waals surface area contributed by atoms with Crippen molar-refractivity contribution in [3.8, 4) is 0 Å². The second-order valence-corrected chi connectivity index (χ2v) is 4.71. The first-order valence-corrected chi connectivity index (χ1v) is 6.31. The van der Waals surface area contributed by atoms with Gasteiger partial charge in [0.1, 0.15) is 6.54 Å². The van der Waals surface area contributed by atoms with E-state index in [0.29, 0.717) is 28.7 Å². The van der Waals surface area contributed by atoms with E-state index in [2.05, 4.69) is 15.9 Å². The smallest absolute Gasteiger partial charge is 0.323 e. The summed E-state index contributed by atoms with van der Waals surface area (Å²) in [6, 6.07) is 4.83. The Hall–Kier alpha value is -1.56. The van der Waals surface area contributed by atoms with Crippen molar-refractivity contribution in [2.24, 2.45) is 0 Å². The molecule has 1 aromatic rings. The zero-order chi connectivity index (χ0) is 13.7. The van der Waals surface area contributed by atoms with E-state index in [1.165, 1.54) is 11.0 Å². The second kappa shape index (κ2) is 6.39. The van der Waals surface area contributed by atoms with E-state index in [9.17, 15) is 9.59 Å². The van der Waals surface area contributed by atoms with Gasteiger partial charge in [0.05, 0.1) is 0 Å². The minimum Gasteiger partial charge on any atom is -0.480 e. The second-order valence-electron chi connectivity index (χ2n) is 3.86. The molecule has 6 heteroatoms. The first kappa shape index (κ1) is 14.5. The molecule has 18 heavy (non-hydrogen) atoms. The van der Waals surface area contributed by atoms with Gasteiger partial charge >= 0.3 is 5.97 Å². The van der Waals surface area contributed by atoms with Gasteiger partial charge < -0.3 is 15.7 Å². The minimum atomic E-state index is -1.03. The van der Waals surface area contributed by atoms with Crippen LogP contribution in [0.1, 0.15) is 23.7 Å². The van der Waals surface area contributed by atoms with Crippen molar-refractivity contribution in [2.45, 2.75) is 13.3 Å². The number of hydrogen-bond donors (Lipinski definition) is 2. The maximum absolute atomic E-state index is 12.1. The molecule has 3 N–H and O–H groups in total. The van der Waals surface area contributed by atoms with E-state index in [4.69, 9.17) is 10.8 Å². The number of hydrogen-bond acceptors (Lipinski definition) is 3. The molecule has 0 aromatic heterocycles. The lowest BCUT2D eigenvalue weighted by atomic mass is 10.1. The van der Waals surface area contributed by atoms with E-state index in [0.717, 1.165) is 0 Å². The Labute approximate surface area is 114 Å². The van der Waals surface area contributed by atoms with Gasteiger partial charge in [-0.3, -0.25) is 9.59 Å². The van der Waals surface area contributed by atoms with Crippen molar-refractivity contribution in [2.75, 3.05) is 18.8 Å². The lowest BCUT2D eigenvalue weighted by Gasteiger charge is -2.20. The molecule has 1 aromatic carbocycles. The average Bonchev–Trinajstić information content (AvgIpc) is 2.31. The van der Waals surface area contributed by atoms with Gasteiger partial charge in [0.15, 0.2) is 0 Å². The number of nitrogen functional groups attached to an aromatic ring is 1. The van der Waals surface area contributed by atoms with Crippen LogP contribution in [0.5, 0.6) is 0 Å². The Morgan fingerprint density at radius 3 is 2.61 bits per heavy atom. The van der Waals surface area contributed by atoms with Crippen molar-refractivity contribution in [1.82, 2.24) is 4.90 Å². The number of nitrogens with two attached hydrogens (primary N) is 1. The molecule has 0 aliphatic carbocycles. The number of rotatable bonds is 5. The van der Waals surface area contributed by atoms with Crippen molar-refractivity contribution in [1.29, 1.82) is 0 Å². The molecule has 1 rings (SSSR count). The van der Waals surface area contributed by atoms with Crippen LogP contribution in [0.15, 0.2) is 22.7 Å². The number of carboxylic acid groups (broad SMARTS) is 1. The Balaban J connectivity index is 2.93. The highest BCUT2D eigenvalue weighted by Crippen LogP contribution is 2.21.